The highest BCUT2D eigenvalue weighted by molar-refractivity contribution is 6.38. The summed E-state index contributed by atoms with van der Waals surface area (Å²) in [6.45, 7) is 5.41. The fourth-order valence-electron chi connectivity index (χ4n) is 2.07. The topological polar surface area (TPSA) is 104 Å². The van der Waals surface area contributed by atoms with E-state index in [0.717, 1.165) is 9.80 Å². The van der Waals surface area contributed by atoms with E-state index >= 15 is 0 Å². The maximum Gasteiger partial charge on any atom is 0.327 e. The van der Waals surface area contributed by atoms with Gasteiger partial charge in [0.1, 0.15) is 0 Å². The average molecular weight is 340 g/mol. The maximum atomic E-state index is 12.3. The molecule has 1 aliphatic heterocycles. The van der Waals surface area contributed by atoms with Gasteiger partial charge in [0.15, 0.2) is 6.10 Å². The summed E-state index contributed by atoms with van der Waals surface area (Å²) in [4.78, 5) is 61.8. The fourth-order valence-corrected chi connectivity index (χ4v) is 2.07. The normalized spacial score (nSPS) is 16.2. The molecule has 9 nitrogen and oxygen atoms in total. The van der Waals surface area contributed by atoms with Crippen molar-refractivity contribution in [1.29, 1.82) is 0 Å². The molecule has 1 unspecified atom stereocenters. The molecule has 1 heterocycles. The first-order valence-corrected chi connectivity index (χ1v) is 7.66. The van der Waals surface area contributed by atoms with Crippen molar-refractivity contribution in [2.24, 2.45) is 5.92 Å². The van der Waals surface area contributed by atoms with Gasteiger partial charge in [0, 0.05) is 26.7 Å². The van der Waals surface area contributed by atoms with E-state index in [1.54, 1.807) is 27.1 Å². The van der Waals surface area contributed by atoms with Crippen LogP contribution in [0.5, 0.6) is 0 Å². The van der Waals surface area contributed by atoms with Gasteiger partial charge in [-0.1, -0.05) is 13.8 Å². The molecule has 1 rings (SSSR count). The number of urea groups is 1. The Labute approximate surface area is 140 Å². The molecule has 0 aromatic rings. The molecule has 133 valence electrons. The van der Waals surface area contributed by atoms with E-state index in [9.17, 15) is 24.0 Å². The van der Waals surface area contributed by atoms with Gasteiger partial charge in [0.25, 0.3) is 0 Å². The number of amides is 4. The summed E-state index contributed by atoms with van der Waals surface area (Å²) >= 11 is 0. The molecule has 0 aliphatic carbocycles. The molecule has 1 radical (unpaired) electrons. The second-order valence-corrected chi connectivity index (χ2v) is 5.70. The summed E-state index contributed by atoms with van der Waals surface area (Å²) in [6, 6.07) is -0.732. The minimum Gasteiger partial charge on any atom is -0.452 e. The van der Waals surface area contributed by atoms with Crippen molar-refractivity contribution in [3.05, 3.63) is 0 Å². The number of carbonyl (C=O) groups excluding carboxylic acids is 5. The zero-order valence-corrected chi connectivity index (χ0v) is 14.3. The summed E-state index contributed by atoms with van der Waals surface area (Å²) in [6.07, 6.45) is 0.294. The average Bonchev–Trinajstić information content (AvgIpc) is 2.55. The lowest BCUT2D eigenvalue weighted by molar-refractivity contribution is -0.154. The van der Waals surface area contributed by atoms with E-state index in [4.69, 9.17) is 4.74 Å². The van der Waals surface area contributed by atoms with Gasteiger partial charge in [-0.2, -0.15) is 0 Å². The lowest BCUT2D eigenvalue weighted by Crippen LogP contribution is -2.58. The second kappa shape index (κ2) is 8.42. The number of piperazine rings is 1. The molecule has 1 fully saturated rings. The van der Waals surface area contributed by atoms with Crippen molar-refractivity contribution in [2.45, 2.75) is 26.9 Å². The Bertz CT molecular complexity index is 533. The third-order valence-electron chi connectivity index (χ3n) is 3.55. The molecule has 1 aliphatic rings. The minimum absolute atomic E-state index is 0.0723. The molecule has 4 amide bonds. The molecular formula is C15H22N3O6. The van der Waals surface area contributed by atoms with Crippen LogP contribution in [-0.4, -0.2) is 84.1 Å². The number of likely N-dealkylation sites (N-methyl/N-ethyl adjacent to an activating group) is 2. The molecule has 0 saturated carbocycles. The van der Waals surface area contributed by atoms with E-state index in [-0.39, 0.29) is 19.6 Å². The van der Waals surface area contributed by atoms with Crippen molar-refractivity contribution < 1.29 is 28.7 Å². The van der Waals surface area contributed by atoms with Crippen LogP contribution in [-0.2, 0) is 23.9 Å². The van der Waals surface area contributed by atoms with Crippen LogP contribution in [0, 0.1) is 5.92 Å². The molecule has 0 aromatic carbocycles. The quantitative estimate of drug-likeness (QED) is 0.473. The third kappa shape index (κ3) is 4.53. The zero-order valence-electron chi connectivity index (χ0n) is 14.3. The Hall–Kier alpha value is -2.45. The van der Waals surface area contributed by atoms with Crippen LogP contribution >= 0.6 is 0 Å². The third-order valence-corrected chi connectivity index (χ3v) is 3.55. The molecule has 1 atom stereocenters. The SMILES string of the molecule is CCN1CCN(C(=O)N(C)CC([C]=O)OC(=O)C(C)C)C(=O)C1=O. The molecule has 0 aromatic heterocycles. The van der Waals surface area contributed by atoms with Crippen molar-refractivity contribution >= 4 is 30.1 Å². The number of carbonyl (C=O) groups is 4. The molecule has 1 saturated heterocycles. The number of hydrogen-bond donors (Lipinski definition) is 0. The summed E-state index contributed by atoms with van der Waals surface area (Å²) < 4.78 is 4.92. The van der Waals surface area contributed by atoms with Crippen LogP contribution in [0.2, 0.25) is 0 Å². The number of imide groups is 1. The molecular weight excluding hydrogens is 318 g/mol. The Morgan fingerprint density at radius 3 is 2.38 bits per heavy atom. The highest BCUT2D eigenvalue weighted by Crippen LogP contribution is 2.09. The summed E-state index contributed by atoms with van der Waals surface area (Å²) in [5, 5.41) is 0. The summed E-state index contributed by atoms with van der Waals surface area (Å²) in [5.41, 5.74) is 0. The van der Waals surface area contributed by atoms with Crippen molar-refractivity contribution in [3.8, 4) is 0 Å². The Morgan fingerprint density at radius 2 is 1.88 bits per heavy atom. The lowest BCUT2D eigenvalue weighted by atomic mass is 10.2. The molecule has 0 spiro atoms. The number of esters is 1. The Kier molecular flexibility index (Phi) is 6.87. The summed E-state index contributed by atoms with van der Waals surface area (Å²) in [5.74, 6) is -2.67. The van der Waals surface area contributed by atoms with Crippen LogP contribution < -0.4 is 0 Å². The van der Waals surface area contributed by atoms with Crippen LogP contribution in [0.1, 0.15) is 20.8 Å². The molecule has 9 heteroatoms. The van der Waals surface area contributed by atoms with Gasteiger partial charge in [-0.25, -0.2) is 4.79 Å². The highest BCUT2D eigenvalue weighted by atomic mass is 16.5. The van der Waals surface area contributed by atoms with Gasteiger partial charge in [0.05, 0.1) is 12.5 Å². The first-order valence-electron chi connectivity index (χ1n) is 7.66. The number of rotatable bonds is 6. The standard InChI is InChI=1S/C15H22N3O6/c1-5-17-6-7-18(13(21)12(17)20)15(23)16(4)8-11(9-19)24-14(22)10(2)3/h10-11H,5-8H2,1-4H3. The summed E-state index contributed by atoms with van der Waals surface area (Å²) in [7, 11) is 1.35. The monoisotopic (exact) mass is 340 g/mol. The van der Waals surface area contributed by atoms with E-state index in [2.05, 4.69) is 0 Å². The number of hydrogen-bond acceptors (Lipinski definition) is 6. The lowest BCUT2D eigenvalue weighted by Gasteiger charge is -2.34. The largest absolute Gasteiger partial charge is 0.452 e. The maximum absolute atomic E-state index is 12.3. The predicted octanol–water partition coefficient (Wildman–Crippen LogP) is -0.594. The smallest absolute Gasteiger partial charge is 0.327 e. The van der Waals surface area contributed by atoms with E-state index < -0.39 is 35.8 Å². The first-order chi connectivity index (χ1) is 11.2. The van der Waals surface area contributed by atoms with Gasteiger partial charge in [0.2, 0.25) is 6.29 Å². The first kappa shape index (κ1) is 19.6. The fraction of sp³-hybridized carbons (Fsp3) is 0.667. The molecule has 24 heavy (non-hydrogen) atoms. The Morgan fingerprint density at radius 1 is 1.25 bits per heavy atom. The van der Waals surface area contributed by atoms with Crippen molar-refractivity contribution in [1.82, 2.24) is 14.7 Å². The van der Waals surface area contributed by atoms with Gasteiger partial charge in [-0.3, -0.25) is 24.1 Å². The van der Waals surface area contributed by atoms with Crippen molar-refractivity contribution in [2.75, 3.05) is 33.2 Å². The number of ether oxygens (including phenoxy) is 1. The number of nitrogens with zero attached hydrogens (tertiary/aromatic N) is 3. The van der Waals surface area contributed by atoms with Gasteiger partial charge in [-0.05, 0) is 6.92 Å². The highest BCUT2D eigenvalue weighted by Gasteiger charge is 2.37. The van der Waals surface area contributed by atoms with Crippen LogP contribution in [0.25, 0.3) is 0 Å². The van der Waals surface area contributed by atoms with Crippen LogP contribution in [0.3, 0.4) is 0 Å². The molecule has 0 N–H and O–H groups in total. The van der Waals surface area contributed by atoms with Crippen molar-refractivity contribution in [3.63, 3.8) is 0 Å². The van der Waals surface area contributed by atoms with Crippen LogP contribution in [0.15, 0.2) is 0 Å². The van der Waals surface area contributed by atoms with Crippen LogP contribution in [0.4, 0.5) is 4.79 Å². The molecule has 0 bridgehead atoms. The Balaban J connectivity index is 2.70. The minimum atomic E-state index is -1.25. The van der Waals surface area contributed by atoms with Gasteiger partial charge < -0.3 is 14.5 Å². The van der Waals surface area contributed by atoms with E-state index in [0.29, 0.717) is 6.54 Å². The van der Waals surface area contributed by atoms with E-state index in [1.807, 2.05) is 0 Å². The predicted molar refractivity (Wildman–Crippen MR) is 82.4 cm³/mol. The van der Waals surface area contributed by atoms with E-state index in [1.165, 1.54) is 11.9 Å². The second-order valence-electron chi connectivity index (χ2n) is 5.70. The zero-order chi connectivity index (χ0) is 18.4. The van der Waals surface area contributed by atoms with Gasteiger partial charge >= 0.3 is 23.8 Å². The van der Waals surface area contributed by atoms with Gasteiger partial charge in [-0.15, -0.1) is 0 Å².